The Morgan fingerprint density at radius 1 is 1.08 bits per heavy atom. The van der Waals surface area contributed by atoms with E-state index < -0.39 is 10.0 Å². The van der Waals surface area contributed by atoms with Crippen LogP contribution in [0.15, 0.2) is 47.6 Å². The first-order valence-corrected chi connectivity index (χ1v) is 10.0. The Labute approximate surface area is 154 Å². The number of hydrogen-bond donors (Lipinski definition) is 0. The Bertz CT molecular complexity index is 954. The maximum absolute atomic E-state index is 12.3. The minimum absolute atomic E-state index is 0.353. The van der Waals surface area contributed by atoms with Crippen molar-refractivity contribution in [3.63, 3.8) is 0 Å². The number of hydrogen-bond acceptors (Lipinski definition) is 5. The Balaban J connectivity index is 2.04. The zero-order chi connectivity index (χ0) is 18.9. The molecule has 0 N–H and O–H groups in total. The van der Waals surface area contributed by atoms with Crippen LogP contribution in [-0.2, 0) is 10.0 Å². The Hall–Kier alpha value is -2.54. The van der Waals surface area contributed by atoms with Gasteiger partial charge in [-0.25, -0.2) is 8.42 Å². The van der Waals surface area contributed by atoms with E-state index in [4.69, 9.17) is 9.47 Å². The second kappa shape index (κ2) is 6.99. The van der Waals surface area contributed by atoms with Gasteiger partial charge in [-0.15, -0.1) is 0 Å². The van der Waals surface area contributed by atoms with Crippen molar-refractivity contribution < 1.29 is 17.9 Å². The standard InChI is InChI=1S/C19H22N2O4S/c1-13-7-5-6-8-15(13)17-12-16(20-21(17)26(4,22)23)14-9-10-18(24-2)19(11-14)25-3/h5-11,17H,12H2,1-4H3/t17-/m0/s1. The number of nitrogens with zero attached hydrogens (tertiary/aromatic N) is 2. The number of hydrazone groups is 1. The molecule has 138 valence electrons. The lowest BCUT2D eigenvalue weighted by Crippen LogP contribution is -2.26. The molecule has 0 bridgehead atoms. The third kappa shape index (κ3) is 3.39. The van der Waals surface area contributed by atoms with Gasteiger partial charge in [0.25, 0.3) is 0 Å². The smallest absolute Gasteiger partial charge is 0.247 e. The van der Waals surface area contributed by atoms with Crippen LogP contribution in [0, 0.1) is 6.92 Å². The van der Waals surface area contributed by atoms with Crippen molar-refractivity contribution in [1.82, 2.24) is 4.41 Å². The fourth-order valence-electron chi connectivity index (χ4n) is 3.18. The highest BCUT2D eigenvalue weighted by molar-refractivity contribution is 7.88. The van der Waals surface area contributed by atoms with E-state index in [0.717, 1.165) is 16.7 Å². The van der Waals surface area contributed by atoms with E-state index in [-0.39, 0.29) is 6.04 Å². The molecule has 6 nitrogen and oxygen atoms in total. The quantitative estimate of drug-likeness (QED) is 0.806. The Kier molecular flexibility index (Phi) is 4.91. The second-order valence-electron chi connectivity index (χ2n) is 6.23. The van der Waals surface area contributed by atoms with Gasteiger partial charge in [0.15, 0.2) is 11.5 Å². The minimum atomic E-state index is -3.50. The fraction of sp³-hybridized carbons (Fsp3) is 0.316. The molecule has 0 amide bonds. The summed E-state index contributed by atoms with van der Waals surface area (Å²) in [6.45, 7) is 1.98. The topological polar surface area (TPSA) is 68.2 Å². The van der Waals surface area contributed by atoms with Crippen molar-refractivity contribution >= 4 is 15.7 Å². The molecule has 0 fully saturated rings. The highest BCUT2D eigenvalue weighted by atomic mass is 32.2. The lowest BCUT2D eigenvalue weighted by molar-refractivity contribution is 0.355. The molecule has 0 aromatic heterocycles. The monoisotopic (exact) mass is 374 g/mol. The molecule has 3 rings (SSSR count). The first kappa shape index (κ1) is 18.3. The molecule has 7 heteroatoms. The summed E-state index contributed by atoms with van der Waals surface area (Å²) in [6.07, 6.45) is 1.67. The van der Waals surface area contributed by atoms with Crippen LogP contribution in [-0.4, -0.2) is 39.0 Å². The molecule has 2 aromatic rings. The fourth-order valence-corrected chi connectivity index (χ4v) is 4.07. The number of methoxy groups -OCH3 is 2. The summed E-state index contributed by atoms with van der Waals surface area (Å²) in [7, 11) is -0.356. The Morgan fingerprint density at radius 2 is 1.77 bits per heavy atom. The summed E-state index contributed by atoms with van der Waals surface area (Å²) in [5.41, 5.74) is 3.50. The molecule has 0 saturated carbocycles. The molecule has 0 unspecified atom stereocenters. The minimum Gasteiger partial charge on any atom is -0.493 e. The number of aryl methyl sites for hydroxylation is 1. The van der Waals surface area contributed by atoms with E-state index in [1.165, 1.54) is 10.7 Å². The molecule has 26 heavy (non-hydrogen) atoms. The van der Waals surface area contributed by atoms with Crippen LogP contribution in [0.1, 0.15) is 29.2 Å². The van der Waals surface area contributed by atoms with Gasteiger partial charge >= 0.3 is 0 Å². The molecule has 1 heterocycles. The van der Waals surface area contributed by atoms with Crippen LogP contribution in [0.4, 0.5) is 0 Å². The predicted octanol–water partition coefficient (Wildman–Crippen LogP) is 3.12. The van der Waals surface area contributed by atoms with Crippen LogP contribution in [0.5, 0.6) is 11.5 Å². The van der Waals surface area contributed by atoms with Crippen molar-refractivity contribution in [2.75, 3.05) is 20.5 Å². The maximum atomic E-state index is 12.3. The summed E-state index contributed by atoms with van der Waals surface area (Å²) in [5.74, 6) is 1.20. The zero-order valence-electron chi connectivity index (χ0n) is 15.3. The Morgan fingerprint density at radius 3 is 2.38 bits per heavy atom. The number of rotatable bonds is 5. The van der Waals surface area contributed by atoms with Gasteiger partial charge in [-0.3, -0.25) is 0 Å². The molecule has 1 aliphatic heterocycles. The molecule has 0 spiro atoms. The predicted molar refractivity (Wildman–Crippen MR) is 101 cm³/mol. The normalized spacial score (nSPS) is 17.2. The molecule has 0 saturated heterocycles. The van der Waals surface area contributed by atoms with E-state index >= 15 is 0 Å². The highest BCUT2D eigenvalue weighted by Gasteiger charge is 2.35. The van der Waals surface area contributed by atoms with Gasteiger partial charge in [0, 0.05) is 12.0 Å². The average molecular weight is 374 g/mol. The third-order valence-electron chi connectivity index (χ3n) is 4.48. The molecule has 2 aromatic carbocycles. The summed E-state index contributed by atoms with van der Waals surface area (Å²) >= 11 is 0. The lowest BCUT2D eigenvalue weighted by atomic mass is 9.96. The van der Waals surface area contributed by atoms with Crippen molar-refractivity contribution in [3.05, 3.63) is 59.2 Å². The van der Waals surface area contributed by atoms with Crippen molar-refractivity contribution in [2.45, 2.75) is 19.4 Å². The summed E-state index contributed by atoms with van der Waals surface area (Å²) in [4.78, 5) is 0. The number of ether oxygens (including phenoxy) is 2. The first-order valence-electron chi connectivity index (χ1n) is 8.20. The summed E-state index contributed by atoms with van der Waals surface area (Å²) in [5, 5.41) is 4.43. The van der Waals surface area contributed by atoms with E-state index in [1.54, 1.807) is 20.3 Å². The molecular formula is C19H22N2O4S. The van der Waals surface area contributed by atoms with Gasteiger partial charge in [-0.2, -0.15) is 9.52 Å². The van der Waals surface area contributed by atoms with E-state index in [1.807, 2.05) is 43.3 Å². The molecule has 0 radical (unpaired) electrons. The van der Waals surface area contributed by atoms with Gasteiger partial charge in [-0.05, 0) is 36.2 Å². The van der Waals surface area contributed by atoms with Crippen LogP contribution in [0.2, 0.25) is 0 Å². The van der Waals surface area contributed by atoms with Crippen LogP contribution in [0.3, 0.4) is 0 Å². The third-order valence-corrected chi connectivity index (χ3v) is 5.49. The number of sulfonamides is 1. The van der Waals surface area contributed by atoms with Crippen molar-refractivity contribution in [2.24, 2.45) is 5.10 Å². The van der Waals surface area contributed by atoms with Crippen molar-refractivity contribution in [1.29, 1.82) is 0 Å². The van der Waals surface area contributed by atoms with Crippen LogP contribution < -0.4 is 9.47 Å². The largest absolute Gasteiger partial charge is 0.493 e. The summed E-state index contributed by atoms with van der Waals surface area (Å²) in [6, 6.07) is 12.9. The van der Waals surface area contributed by atoms with Gasteiger partial charge in [-0.1, -0.05) is 24.3 Å². The maximum Gasteiger partial charge on any atom is 0.247 e. The van der Waals surface area contributed by atoms with Gasteiger partial charge in [0.05, 0.1) is 32.2 Å². The molecular weight excluding hydrogens is 352 g/mol. The molecule has 1 atom stereocenters. The van der Waals surface area contributed by atoms with E-state index in [9.17, 15) is 8.42 Å². The SMILES string of the molecule is COc1ccc(C2=NN(S(C)(=O)=O)[C@H](c3ccccc3C)C2)cc1OC. The van der Waals surface area contributed by atoms with Crippen molar-refractivity contribution in [3.8, 4) is 11.5 Å². The zero-order valence-corrected chi connectivity index (χ0v) is 16.1. The van der Waals surface area contributed by atoms with Crippen LogP contribution in [0.25, 0.3) is 0 Å². The lowest BCUT2D eigenvalue weighted by Gasteiger charge is -2.22. The van der Waals surface area contributed by atoms with E-state index in [0.29, 0.717) is 23.6 Å². The average Bonchev–Trinajstić information content (AvgIpc) is 3.07. The van der Waals surface area contributed by atoms with Gasteiger partial charge < -0.3 is 9.47 Å². The second-order valence-corrected chi connectivity index (χ2v) is 8.07. The van der Waals surface area contributed by atoms with E-state index in [2.05, 4.69) is 5.10 Å². The molecule has 0 aliphatic carbocycles. The molecule has 1 aliphatic rings. The number of benzene rings is 2. The summed E-state index contributed by atoms with van der Waals surface area (Å²) < 4.78 is 36.4. The highest BCUT2D eigenvalue weighted by Crippen LogP contribution is 2.37. The first-order chi connectivity index (χ1) is 12.3. The van der Waals surface area contributed by atoms with Gasteiger partial charge in [0.1, 0.15) is 0 Å². The van der Waals surface area contributed by atoms with Gasteiger partial charge in [0.2, 0.25) is 10.0 Å². The van der Waals surface area contributed by atoms with Crippen LogP contribution >= 0.6 is 0 Å².